The average molecular weight is 439 g/mol. The lowest BCUT2D eigenvalue weighted by Crippen LogP contribution is -2.36. The Morgan fingerprint density at radius 2 is 1.77 bits per heavy atom. The quantitative estimate of drug-likeness (QED) is 0.422. The van der Waals surface area contributed by atoms with Crippen LogP contribution in [0.1, 0.15) is 25.0 Å². The van der Waals surface area contributed by atoms with Gasteiger partial charge >= 0.3 is 6.61 Å². The van der Waals surface area contributed by atoms with Gasteiger partial charge in [-0.1, -0.05) is 37.6 Å². The van der Waals surface area contributed by atoms with E-state index in [1.54, 1.807) is 13.1 Å². The van der Waals surface area contributed by atoms with Gasteiger partial charge in [-0.25, -0.2) is 0 Å². The smallest absolute Gasteiger partial charge is 0.387 e. The molecular formula is C21H25ClF2N4O2. The molecule has 3 N–H and O–H groups in total. The van der Waals surface area contributed by atoms with Crippen LogP contribution in [-0.4, -0.2) is 25.5 Å². The lowest BCUT2D eigenvalue weighted by Gasteiger charge is -2.15. The second-order valence-corrected chi connectivity index (χ2v) is 7.19. The summed E-state index contributed by atoms with van der Waals surface area (Å²) in [5.41, 5.74) is 2.19. The Bertz CT molecular complexity index is 874. The summed E-state index contributed by atoms with van der Waals surface area (Å²) in [5, 5.41) is 9.44. The van der Waals surface area contributed by atoms with Crippen LogP contribution in [0, 0.1) is 5.92 Å². The van der Waals surface area contributed by atoms with Gasteiger partial charge in [-0.15, -0.1) is 0 Å². The van der Waals surface area contributed by atoms with Crippen LogP contribution >= 0.6 is 11.6 Å². The first kappa shape index (κ1) is 23.4. The Morgan fingerprint density at radius 1 is 1.10 bits per heavy atom. The van der Waals surface area contributed by atoms with E-state index < -0.39 is 6.61 Å². The number of hydrogen-bond donors (Lipinski definition) is 3. The number of halogens is 3. The van der Waals surface area contributed by atoms with Crippen LogP contribution in [0.3, 0.4) is 0 Å². The summed E-state index contributed by atoms with van der Waals surface area (Å²) in [6.45, 7) is 1.42. The number of anilines is 1. The van der Waals surface area contributed by atoms with Crippen molar-refractivity contribution in [1.82, 2.24) is 10.6 Å². The third-order valence-electron chi connectivity index (χ3n) is 4.11. The number of nitrogens with zero attached hydrogens (tertiary/aromatic N) is 1. The fourth-order valence-electron chi connectivity index (χ4n) is 2.47. The van der Waals surface area contributed by atoms with Crippen LogP contribution in [0.15, 0.2) is 47.5 Å². The van der Waals surface area contributed by atoms with E-state index in [0.717, 1.165) is 11.3 Å². The third-order valence-corrected chi connectivity index (χ3v) is 4.35. The van der Waals surface area contributed by atoms with Crippen LogP contribution in [0.4, 0.5) is 14.5 Å². The molecule has 0 fully saturated rings. The molecule has 0 heterocycles. The van der Waals surface area contributed by atoms with Crippen molar-refractivity contribution in [2.45, 2.75) is 33.5 Å². The minimum Gasteiger partial charge on any atom is -0.434 e. The molecule has 2 rings (SSSR count). The van der Waals surface area contributed by atoms with Gasteiger partial charge in [0.25, 0.3) is 0 Å². The molecule has 0 saturated heterocycles. The molecule has 2 aromatic carbocycles. The summed E-state index contributed by atoms with van der Waals surface area (Å²) in [7, 11) is 1.61. The third kappa shape index (κ3) is 7.51. The highest BCUT2D eigenvalue weighted by Crippen LogP contribution is 2.24. The van der Waals surface area contributed by atoms with Crippen LogP contribution < -0.4 is 20.7 Å². The van der Waals surface area contributed by atoms with Gasteiger partial charge in [-0.2, -0.15) is 8.78 Å². The molecule has 0 spiro atoms. The number of aliphatic imine (C=N–C) groups is 1. The maximum absolute atomic E-state index is 12.6. The van der Waals surface area contributed by atoms with Gasteiger partial charge in [0.1, 0.15) is 5.75 Å². The normalized spacial score (nSPS) is 11.5. The second-order valence-electron chi connectivity index (χ2n) is 6.75. The van der Waals surface area contributed by atoms with Gasteiger partial charge in [0.2, 0.25) is 5.91 Å². The number of nitrogens with one attached hydrogen (secondary N) is 3. The van der Waals surface area contributed by atoms with Crippen molar-refractivity contribution in [3.8, 4) is 5.75 Å². The molecule has 0 aliphatic carbocycles. The predicted molar refractivity (Wildman–Crippen MR) is 115 cm³/mol. The first-order valence-electron chi connectivity index (χ1n) is 9.36. The van der Waals surface area contributed by atoms with Crippen molar-refractivity contribution in [3.05, 3.63) is 58.6 Å². The molecule has 9 heteroatoms. The molecule has 0 radical (unpaired) electrons. The minimum absolute atomic E-state index is 0.0401. The molecule has 0 bridgehead atoms. The van der Waals surface area contributed by atoms with Gasteiger partial charge in [0, 0.05) is 42.3 Å². The average Bonchev–Trinajstić information content (AvgIpc) is 2.70. The van der Waals surface area contributed by atoms with E-state index in [2.05, 4.69) is 25.7 Å². The summed E-state index contributed by atoms with van der Waals surface area (Å²) >= 11 is 5.96. The number of guanidine groups is 1. The summed E-state index contributed by atoms with van der Waals surface area (Å²) in [5.74, 6) is 0.403. The lowest BCUT2D eigenvalue weighted by atomic mass is 10.1. The number of hydrogen-bond acceptors (Lipinski definition) is 3. The number of benzene rings is 2. The van der Waals surface area contributed by atoms with E-state index in [1.165, 1.54) is 12.1 Å². The molecule has 1 amide bonds. The van der Waals surface area contributed by atoms with Gasteiger partial charge in [0.15, 0.2) is 5.96 Å². The molecule has 0 aliphatic heterocycles. The Kier molecular flexibility index (Phi) is 8.86. The van der Waals surface area contributed by atoms with Crippen molar-refractivity contribution in [3.63, 3.8) is 0 Å². The number of rotatable bonds is 8. The number of ether oxygens (including phenoxy) is 1. The van der Waals surface area contributed by atoms with E-state index in [1.807, 2.05) is 38.1 Å². The molecule has 0 aromatic heterocycles. The Balaban J connectivity index is 1.91. The maximum Gasteiger partial charge on any atom is 0.387 e. The maximum atomic E-state index is 12.6. The summed E-state index contributed by atoms with van der Waals surface area (Å²) < 4.78 is 29.7. The number of carbonyl (C=O) groups excluding carboxylic acids is 1. The van der Waals surface area contributed by atoms with E-state index in [9.17, 15) is 13.6 Å². The fourth-order valence-corrected chi connectivity index (χ4v) is 2.67. The molecule has 2 aromatic rings. The zero-order valence-corrected chi connectivity index (χ0v) is 17.8. The zero-order valence-electron chi connectivity index (χ0n) is 17.0. The van der Waals surface area contributed by atoms with Gasteiger partial charge in [0.05, 0.1) is 0 Å². The van der Waals surface area contributed by atoms with Crippen molar-refractivity contribution in [1.29, 1.82) is 0 Å². The molecule has 6 nitrogen and oxygen atoms in total. The molecular weight excluding hydrogens is 414 g/mol. The Hall–Kier alpha value is -2.87. The van der Waals surface area contributed by atoms with Crippen LogP contribution in [0.25, 0.3) is 0 Å². The molecule has 162 valence electrons. The van der Waals surface area contributed by atoms with Crippen molar-refractivity contribution in [2.75, 3.05) is 12.4 Å². The van der Waals surface area contributed by atoms with Crippen LogP contribution in [-0.2, 0) is 17.9 Å². The first-order chi connectivity index (χ1) is 14.3. The van der Waals surface area contributed by atoms with Gasteiger partial charge < -0.3 is 20.7 Å². The van der Waals surface area contributed by atoms with Crippen molar-refractivity contribution >= 4 is 29.2 Å². The highest BCUT2D eigenvalue weighted by atomic mass is 35.5. The van der Waals surface area contributed by atoms with Gasteiger partial charge in [-0.05, 0) is 35.9 Å². The Labute approximate surface area is 179 Å². The topological polar surface area (TPSA) is 74.8 Å². The monoisotopic (exact) mass is 438 g/mol. The lowest BCUT2D eigenvalue weighted by molar-refractivity contribution is -0.118. The van der Waals surface area contributed by atoms with Crippen LogP contribution in [0.2, 0.25) is 5.02 Å². The minimum atomic E-state index is -2.92. The molecule has 0 saturated carbocycles. The molecule has 0 unspecified atom stereocenters. The highest BCUT2D eigenvalue weighted by molar-refractivity contribution is 6.30. The van der Waals surface area contributed by atoms with E-state index >= 15 is 0 Å². The summed E-state index contributed by atoms with van der Waals surface area (Å²) in [6.07, 6.45) is 0. The van der Waals surface area contributed by atoms with E-state index in [0.29, 0.717) is 23.1 Å². The van der Waals surface area contributed by atoms with E-state index in [-0.39, 0.29) is 24.1 Å². The zero-order chi connectivity index (χ0) is 22.1. The first-order valence-corrected chi connectivity index (χ1v) is 9.74. The summed E-state index contributed by atoms with van der Waals surface area (Å²) in [6, 6.07) is 11.9. The standard InChI is InChI=1S/C21H25ClF2N4O2/c1-13(2)19(29)28-17-7-4-14(5-8-17)11-26-21(25-3)27-12-15-10-16(22)6-9-18(15)30-20(23)24/h4-10,13,20H,11-12H2,1-3H3,(H,28,29)(H2,25,26,27). The van der Waals surface area contributed by atoms with Crippen molar-refractivity contribution < 1.29 is 18.3 Å². The molecule has 0 aliphatic rings. The highest BCUT2D eigenvalue weighted by Gasteiger charge is 2.11. The fraction of sp³-hybridized carbons (Fsp3) is 0.333. The molecule has 0 atom stereocenters. The van der Waals surface area contributed by atoms with Crippen LogP contribution in [0.5, 0.6) is 5.75 Å². The Morgan fingerprint density at radius 3 is 2.37 bits per heavy atom. The number of carbonyl (C=O) groups is 1. The largest absolute Gasteiger partial charge is 0.434 e. The number of amides is 1. The number of alkyl halides is 2. The summed E-state index contributed by atoms with van der Waals surface area (Å²) in [4.78, 5) is 15.9. The molecule has 30 heavy (non-hydrogen) atoms. The predicted octanol–water partition coefficient (Wildman–Crippen LogP) is 4.40. The second kappa shape index (κ2) is 11.3. The SMILES string of the molecule is CN=C(NCc1ccc(NC(=O)C(C)C)cc1)NCc1cc(Cl)ccc1OC(F)F. The van der Waals surface area contributed by atoms with E-state index in [4.69, 9.17) is 11.6 Å². The van der Waals surface area contributed by atoms with Crippen molar-refractivity contribution in [2.24, 2.45) is 10.9 Å². The van der Waals surface area contributed by atoms with Gasteiger partial charge in [-0.3, -0.25) is 9.79 Å².